The van der Waals surface area contributed by atoms with Crippen LogP contribution in [-0.4, -0.2) is 47.3 Å². The van der Waals surface area contributed by atoms with Gasteiger partial charge in [0.1, 0.15) is 11.6 Å². The maximum absolute atomic E-state index is 5.33. The summed E-state index contributed by atoms with van der Waals surface area (Å²) >= 11 is 5.33. The van der Waals surface area contributed by atoms with E-state index in [0.29, 0.717) is 17.1 Å². The van der Waals surface area contributed by atoms with Crippen molar-refractivity contribution < 1.29 is 0 Å². The highest BCUT2D eigenvalue weighted by atomic mass is 32.1. The van der Waals surface area contributed by atoms with Crippen molar-refractivity contribution in [3.63, 3.8) is 0 Å². The molecule has 1 aromatic rings. The zero-order valence-corrected chi connectivity index (χ0v) is 16.2. The summed E-state index contributed by atoms with van der Waals surface area (Å²) in [4.78, 5) is 14.3. The van der Waals surface area contributed by atoms with Gasteiger partial charge in [0.15, 0.2) is 5.11 Å². The molecule has 2 aliphatic rings. The van der Waals surface area contributed by atoms with E-state index < -0.39 is 0 Å². The van der Waals surface area contributed by atoms with Crippen molar-refractivity contribution >= 4 is 34.9 Å². The molecule has 0 radical (unpaired) electrons. The molecule has 7 heteroatoms. The van der Waals surface area contributed by atoms with Gasteiger partial charge in [-0.2, -0.15) is 9.97 Å². The molecule has 2 fully saturated rings. The molecule has 2 aliphatic heterocycles. The molecule has 0 aromatic carbocycles. The number of nitrogens with one attached hydrogen (secondary N) is 2. The highest BCUT2D eigenvalue weighted by Crippen LogP contribution is 2.28. The van der Waals surface area contributed by atoms with Gasteiger partial charge < -0.3 is 20.4 Å². The molecule has 0 spiro atoms. The number of hydrogen-bond donors (Lipinski definition) is 2. The third-order valence-electron chi connectivity index (χ3n) is 5.04. The Hall–Kier alpha value is -1.63. The molecule has 138 valence electrons. The quantitative estimate of drug-likeness (QED) is 0.798. The molecule has 6 nitrogen and oxygen atoms in total. The second-order valence-electron chi connectivity index (χ2n) is 6.98. The average Bonchev–Trinajstić information content (AvgIpc) is 2.63. The number of rotatable bonds is 4. The minimum atomic E-state index is 0.520. The Bertz CT molecular complexity index is 587. The lowest BCUT2D eigenvalue weighted by atomic mass is 10.0. The van der Waals surface area contributed by atoms with Gasteiger partial charge >= 0.3 is 0 Å². The van der Waals surface area contributed by atoms with Crippen LogP contribution in [0, 0.1) is 0 Å². The molecular formula is C18H30N6S. The summed E-state index contributed by atoms with van der Waals surface area (Å²) in [6.07, 6.45) is 7.54. The van der Waals surface area contributed by atoms with Crippen LogP contribution in [0.3, 0.4) is 0 Å². The van der Waals surface area contributed by atoms with Crippen LogP contribution < -0.4 is 20.4 Å². The molecule has 0 aliphatic carbocycles. The maximum atomic E-state index is 5.33. The lowest BCUT2D eigenvalue weighted by Crippen LogP contribution is -2.39. The minimum Gasteiger partial charge on any atom is -0.363 e. The van der Waals surface area contributed by atoms with E-state index in [-0.39, 0.29) is 0 Å². The molecule has 3 heterocycles. The van der Waals surface area contributed by atoms with Crippen molar-refractivity contribution in [3.05, 3.63) is 6.07 Å². The number of hydrogen-bond acceptors (Lipinski definition) is 5. The van der Waals surface area contributed by atoms with Crippen molar-refractivity contribution in [2.75, 3.05) is 41.3 Å². The first kappa shape index (κ1) is 18.2. The van der Waals surface area contributed by atoms with Gasteiger partial charge in [-0.05, 0) is 64.6 Å². The van der Waals surface area contributed by atoms with Gasteiger partial charge in [-0.1, -0.05) is 0 Å². The predicted octanol–water partition coefficient (Wildman–Crippen LogP) is 3.15. The third kappa shape index (κ3) is 4.71. The van der Waals surface area contributed by atoms with E-state index in [1.54, 1.807) is 0 Å². The highest BCUT2D eigenvalue weighted by molar-refractivity contribution is 7.80. The van der Waals surface area contributed by atoms with Gasteiger partial charge in [-0.15, -0.1) is 0 Å². The van der Waals surface area contributed by atoms with E-state index >= 15 is 0 Å². The lowest BCUT2D eigenvalue weighted by Gasteiger charge is -2.35. The summed E-state index contributed by atoms with van der Waals surface area (Å²) in [6, 6.07) is 2.68. The number of anilines is 3. The highest BCUT2D eigenvalue weighted by Gasteiger charge is 2.23. The fraction of sp³-hybridized carbons (Fsp3) is 0.722. The zero-order valence-electron chi connectivity index (χ0n) is 15.4. The van der Waals surface area contributed by atoms with Crippen LogP contribution in [0.4, 0.5) is 17.6 Å². The van der Waals surface area contributed by atoms with E-state index in [1.165, 1.54) is 38.5 Å². The van der Waals surface area contributed by atoms with E-state index in [2.05, 4.69) is 33.4 Å². The van der Waals surface area contributed by atoms with Crippen molar-refractivity contribution in [2.45, 2.75) is 58.4 Å². The minimum absolute atomic E-state index is 0.520. The van der Waals surface area contributed by atoms with Crippen molar-refractivity contribution in [1.82, 2.24) is 15.3 Å². The van der Waals surface area contributed by atoms with Crippen molar-refractivity contribution in [3.8, 4) is 0 Å². The Balaban J connectivity index is 1.88. The van der Waals surface area contributed by atoms with Crippen LogP contribution in [0.1, 0.15) is 52.4 Å². The van der Waals surface area contributed by atoms with E-state index in [1.807, 2.05) is 6.92 Å². The van der Waals surface area contributed by atoms with Crippen LogP contribution in [0.25, 0.3) is 0 Å². The van der Waals surface area contributed by atoms with Gasteiger partial charge in [0, 0.05) is 38.3 Å². The second-order valence-corrected chi connectivity index (χ2v) is 7.39. The van der Waals surface area contributed by atoms with Crippen LogP contribution in [0.5, 0.6) is 0 Å². The molecule has 0 bridgehead atoms. The zero-order chi connectivity index (χ0) is 17.6. The molecule has 2 N–H and O–H groups in total. The first-order chi connectivity index (χ1) is 12.2. The first-order valence-corrected chi connectivity index (χ1v) is 10.0. The molecular weight excluding hydrogens is 332 g/mol. The molecule has 0 unspecified atom stereocenters. The van der Waals surface area contributed by atoms with Crippen molar-refractivity contribution in [2.24, 2.45) is 0 Å². The molecule has 25 heavy (non-hydrogen) atoms. The Morgan fingerprint density at radius 1 is 1.12 bits per heavy atom. The number of nitrogens with zero attached hydrogens (tertiary/aromatic N) is 4. The molecule has 1 atom stereocenters. The fourth-order valence-corrected chi connectivity index (χ4v) is 3.89. The summed E-state index contributed by atoms with van der Waals surface area (Å²) in [7, 11) is 0. The summed E-state index contributed by atoms with van der Waals surface area (Å²) in [5.41, 5.74) is 0. The van der Waals surface area contributed by atoms with Crippen LogP contribution in [0.2, 0.25) is 0 Å². The van der Waals surface area contributed by atoms with Gasteiger partial charge in [0.05, 0.1) is 0 Å². The van der Waals surface area contributed by atoms with Crippen LogP contribution in [0.15, 0.2) is 6.07 Å². The van der Waals surface area contributed by atoms with Crippen LogP contribution >= 0.6 is 12.2 Å². The first-order valence-electron chi connectivity index (χ1n) is 9.63. The summed E-state index contributed by atoms with van der Waals surface area (Å²) in [5.74, 6) is 2.63. The third-order valence-corrected chi connectivity index (χ3v) is 5.29. The van der Waals surface area contributed by atoms with Gasteiger partial charge in [-0.25, -0.2) is 0 Å². The van der Waals surface area contributed by atoms with Gasteiger partial charge in [-0.3, -0.25) is 0 Å². The second kappa shape index (κ2) is 8.65. The van der Waals surface area contributed by atoms with Gasteiger partial charge in [0.2, 0.25) is 5.95 Å². The normalized spacial score (nSPS) is 21.1. The Morgan fingerprint density at radius 3 is 2.56 bits per heavy atom. The number of piperidine rings is 2. The van der Waals surface area contributed by atoms with Gasteiger partial charge in [0.25, 0.3) is 0 Å². The Kier molecular flexibility index (Phi) is 6.29. The summed E-state index contributed by atoms with van der Waals surface area (Å²) < 4.78 is 0. The molecule has 2 saturated heterocycles. The predicted molar refractivity (Wildman–Crippen MR) is 109 cm³/mol. The lowest BCUT2D eigenvalue weighted by molar-refractivity contribution is 0.481. The molecule has 0 saturated carbocycles. The van der Waals surface area contributed by atoms with E-state index in [0.717, 1.165) is 37.8 Å². The monoisotopic (exact) mass is 362 g/mol. The average molecular weight is 363 g/mol. The van der Waals surface area contributed by atoms with E-state index in [9.17, 15) is 0 Å². The molecule has 3 rings (SSSR count). The topological polar surface area (TPSA) is 56.3 Å². The van der Waals surface area contributed by atoms with Crippen molar-refractivity contribution in [1.29, 1.82) is 0 Å². The molecule has 0 amide bonds. The Morgan fingerprint density at radius 2 is 1.84 bits per heavy atom. The SMILES string of the molecule is CCNC(=S)Nc1nc(N2CCCCC2)cc(N2CCCC[C@H]2C)n1. The fourth-order valence-electron chi connectivity index (χ4n) is 3.65. The summed E-state index contributed by atoms with van der Waals surface area (Å²) in [6.45, 7) is 8.31. The number of aromatic nitrogens is 2. The summed E-state index contributed by atoms with van der Waals surface area (Å²) in [5, 5.41) is 6.85. The Labute approximate surface area is 156 Å². The standard InChI is InChI=1S/C18H30N6S/c1-3-19-18(25)22-17-20-15(23-10-6-4-7-11-23)13-16(21-17)24-12-8-5-9-14(24)2/h13-14H,3-12H2,1-2H3,(H2,19,20,21,22,25)/t14-/m1/s1. The number of thiocarbonyl (C=S) groups is 1. The molecule has 1 aromatic heterocycles. The largest absolute Gasteiger partial charge is 0.363 e. The van der Waals surface area contributed by atoms with Crippen LogP contribution in [-0.2, 0) is 0 Å². The van der Waals surface area contributed by atoms with E-state index in [4.69, 9.17) is 22.2 Å². The smallest absolute Gasteiger partial charge is 0.232 e. The maximum Gasteiger partial charge on any atom is 0.232 e.